The molecule has 1 aromatic heterocycles. The third kappa shape index (κ3) is 4.35. The van der Waals surface area contributed by atoms with Crippen LogP contribution in [-0.2, 0) is 22.5 Å². The maximum absolute atomic E-state index is 13.8. The Balaban J connectivity index is 1.56. The fourth-order valence-corrected chi connectivity index (χ4v) is 6.74. The number of carbonyl (C=O) groups excluding carboxylic acids is 2. The van der Waals surface area contributed by atoms with E-state index >= 15 is 0 Å². The smallest absolute Gasteiger partial charge is 0.253 e. The molecular formula is C31H37N3O3. The summed E-state index contributed by atoms with van der Waals surface area (Å²) in [5, 5.41) is 1.24. The molecule has 2 fully saturated rings. The molecule has 2 amide bonds. The van der Waals surface area contributed by atoms with E-state index in [2.05, 4.69) is 41.0 Å². The fourth-order valence-electron chi connectivity index (χ4n) is 6.74. The van der Waals surface area contributed by atoms with Crippen LogP contribution in [0.5, 0.6) is 0 Å². The minimum Gasteiger partial charge on any atom is -0.378 e. The molecule has 3 aliphatic rings. The highest BCUT2D eigenvalue weighted by Gasteiger charge is 2.34. The predicted octanol–water partition coefficient (Wildman–Crippen LogP) is 5.09. The lowest BCUT2D eigenvalue weighted by atomic mass is 9.81. The molecule has 1 saturated carbocycles. The van der Waals surface area contributed by atoms with Crippen LogP contribution < -0.4 is 0 Å². The zero-order valence-electron chi connectivity index (χ0n) is 22.0. The van der Waals surface area contributed by atoms with Gasteiger partial charge in [0.05, 0.1) is 24.8 Å². The van der Waals surface area contributed by atoms with Gasteiger partial charge in [-0.25, -0.2) is 0 Å². The van der Waals surface area contributed by atoms with Gasteiger partial charge in [-0.15, -0.1) is 0 Å². The molecule has 0 spiro atoms. The fraction of sp³-hybridized carbons (Fsp3) is 0.484. The van der Waals surface area contributed by atoms with Crippen LogP contribution in [0.2, 0.25) is 0 Å². The Hall–Kier alpha value is -3.12. The van der Waals surface area contributed by atoms with Gasteiger partial charge in [-0.1, -0.05) is 49.6 Å². The van der Waals surface area contributed by atoms with Gasteiger partial charge in [-0.05, 0) is 48.4 Å². The summed E-state index contributed by atoms with van der Waals surface area (Å²) in [6.45, 7) is 3.16. The second kappa shape index (κ2) is 9.97. The molecule has 2 aliphatic heterocycles. The average Bonchev–Trinajstić information content (AvgIpc) is 3.15. The van der Waals surface area contributed by atoms with Crippen LogP contribution in [0.4, 0.5) is 0 Å². The topological polar surface area (TPSA) is 54.8 Å². The minimum absolute atomic E-state index is 0.00614. The number of rotatable bonds is 3. The Morgan fingerprint density at radius 1 is 0.973 bits per heavy atom. The molecule has 3 heterocycles. The summed E-state index contributed by atoms with van der Waals surface area (Å²) in [6.07, 6.45) is 6.95. The molecular weight excluding hydrogens is 462 g/mol. The molecule has 3 aromatic rings. The summed E-state index contributed by atoms with van der Waals surface area (Å²) >= 11 is 0. The number of nitrogens with zero attached hydrogens (tertiary/aromatic N) is 3. The normalized spacial score (nSPS) is 20.3. The number of fused-ring (bicyclic) bond motifs is 5. The van der Waals surface area contributed by atoms with Crippen molar-refractivity contribution in [3.63, 3.8) is 0 Å². The number of benzene rings is 2. The van der Waals surface area contributed by atoms with E-state index in [-0.39, 0.29) is 17.7 Å². The van der Waals surface area contributed by atoms with Gasteiger partial charge in [0.25, 0.3) is 5.91 Å². The molecule has 0 radical (unpaired) electrons. The number of morpholine rings is 1. The van der Waals surface area contributed by atoms with Crippen LogP contribution in [0.3, 0.4) is 0 Å². The highest BCUT2D eigenvalue weighted by molar-refractivity contribution is 6.01. The Bertz CT molecular complexity index is 1330. The average molecular weight is 500 g/mol. The Morgan fingerprint density at radius 2 is 1.73 bits per heavy atom. The van der Waals surface area contributed by atoms with Crippen molar-refractivity contribution in [3.8, 4) is 11.3 Å². The highest BCUT2D eigenvalue weighted by Crippen LogP contribution is 2.46. The third-order valence-electron chi connectivity index (χ3n) is 8.58. The molecule has 6 rings (SSSR count). The zero-order chi connectivity index (χ0) is 25.5. The Kier molecular flexibility index (Phi) is 6.53. The number of amides is 2. The lowest BCUT2D eigenvalue weighted by molar-refractivity contribution is -0.140. The van der Waals surface area contributed by atoms with E-state index in [1.165, 1.54) is 59.9 Å². The maximum Gasteiger partial charge on any atom is 0.253 e. The van der Waals surface area contributed by atoms with Crippen molar-refractivity contribution in [1.82, 2.24) is 14.4 Å². The van der Waals surface area contributed by atoms with Crippen LogP contribution in [0.15, 0.2) is 42.5 Å². The molecule has 1 unspecified atom stereocenters. The van der Waals surface area contributed by atoms with Crippen LogP contribution >= 0.6 is 0 Å². The van der Waals surface area contributed by atoms with Crippen molar-refractivity contribution in [2.24, 2.45) is 5.92 Å². The van der Waals surface area contributed by atoms with Gasteiger partial charge in [0.1, 0.15) is 0 Å². The maximum atomic E-state index is 13.8. The molecule has 0 N–H and O–H groups in total. The Labute approximate surface area is 219 Å². The Morgan fingerprint density at radius 3 is 2.49 bits per heavy atom. The summed E-state index contributed by atoms with van der Waals surface area (Å²) in [5.41, 5.74) is 6.96. The van der Waals surface area contributed by atoms with E-state index in [0.717, 1.165) is 11.9 Å². The monoisotopic (exact) mass is 499 g/mol. The van der Waals surface area contributed by atoms with Crippen molar-refractivity contribution in [2.75, 3.05) is 40.4 Å². The number of carbonyl (C=O) groups is 2. The molecule has 194 valence electrons. The second-order valence-corrected chi connectivity index (χ2v) is 11.1. The van der Waals surface area contributed by atoms with E-state index in [9.17, 15) is 9.59 Å². The number of hydrogen-bond donors (Lipinski definition) is 0. The van der Waals surface area contributed by atoms with Crippen LogP contribution in [0, 0.1) is 5.92 Å². The highest BCUT2D eigenvalue weighted by atomic mass is 16.5. The van der Waals surface area contributed by atoms with Gasteiger partial charge >= 0.3 is 0 Å². The number of ether oxygens (including phenoxy) is 1. The van der Waals surface area contributed by atoms with E-state index in [1.807, 2.05) is 11.0 Å². The summed E-state index contributed by atoms with van der Waals surface area (Å²) in [4.78, 5) is 30.4. The lowest BCUT2D eigenvalue weighted by Gasteiger charge is -2.30. The number of hydrogen-bond acceptors (Lipinski definition) is 3. The van der Waals surface area contributed by atoms with Gasteiger partial charge in [-0.3, -0.25) is 9.59 Å². The van der Waals surface area contributed by atoms with Gasteiger partial charge in [0, 0.05) is 55.8 Å². The first-order valence-electron chi connectivity index (χ1n) is 13.9. The molecule has 37 heavy (non-hydrogen) atoms. The van der Waals surface area contributed by atoms with Crippen LogP contribution in [0.1, 0.15) is 59.5 Å². The molecule has 1 aliphatic carbocycles. The largest absolute Gasteiger partial charge is 0.378 e. The quantitative estimate of drug-likeness (QED) is 0.505. The van der Waals surface area contributed by atoms with Crippen LogP contribution in [-0.4, -0.2) is 66.6 Å². The lowest BCUT2D eigenvalue weighted by Crippen LogP contribution is -2.45. The molecule has 1 atom stereocenters. The van der Waals surface area contributed by atoms with Crippen molar-refractivity contribution in [3.05, 3.63) is 59.2 Å². The van der Waals surface area contributed by atoms with Crippen molar-refractivity contribution in [1.29, 1.82) is 0 Å². The third-order valence-corrected chi connectivity index (χ3v) is 8.58. The van der Waals surface area contributed by atoms with E-state index in [1.54, 1.807) is 19.0 Å². The predicted molar refractivity (Wildman–Crippen MR) is 146 cm³/mol. The number of aromatic nitrogens is 1. The second-order valence-electron chi connectivity index (χ2n) is 11.1. The SMILES string of the molecule is CN(C)C(=O)c1ccc2c(C3CCCCC3)c3n(c2c1)CC(C(=O)N1CCOCC1)Cc1ccccc1-3. The van der Waals surface area contributed by atoms with Crippen molar-refractivity contribution in [2.45, 2.75) is 51.0 Å². The van der Waals surface area contributed by atoms with Gasteiger partial charge in [-0.2, -0.15) is 0 Å². The van der Waals surface area contributed by atoms with Crippen LogP contribution in [0.25, 0.3) is 22.2 Å². The van der Waals surface area contributed by atoms with E-state index in [0.29, 0.717) is 44.3 Å². The standard InChI is InChI=1S/C31H37N3O3/c1-32(2)30(35)23-12-13-26-27(19-23)34-20-24(31(36)33-14-16-37-17-15-33)18-22-10-6-7-11-25(22)29(34)28(26)21-8-4-3-5-9-21/h6-7,10-13,19,21,24H,3-5,8-9,14-18,20H2,1-2H3. The first-order valence-corrected chi connectivity index (χ1v) is 13.9. The van der Waals surface area contributed by atoms with Gasteiger partial charge in [0.2, 0.25) is 5.91 Å². The van der Waals surface area contributed by atoms with E-state index in [4.69, 9.17) is 4.74 Å². The first-order chi connectivity index (χ1) is 18.0. The molecule has 6 nitrogen and oxygen atoms in total. The minimum atomic E-state index is -0.150. The molecule has 6 heteroatoms. The van der Waals surface area contributed by atoms with Gasteiger partial charge < -0.3 is 19.1 Å². The molecule has 2 aromatic carbocycles. The van der Waals surface area contributed by atoms with Gasteiger partial charge in [0.15, 0.2) is 0 Å². The summed E-state index contributed by atoms with van der Waals surface area (Å²) in [6, 6.07) is 14.9. The van der Waals surface area contributed by atoms with Crippen molar-refractivity contribution >= 4 is 22.7 Å². The summed E-state index contributed by atoms with van der Waals surface area (Å²) in [5.74, 6) is 0.574. The summed E-state index contributed by atoms with van der Waals surface area (Å²) < 4.78 is 7.91. The van der Waals surface area contributed by atoms with Crippen molar-refractivity contribution < 1.29 is 14.3 Å². The van der Waals surface area contributed by atoms with E-state index < -0.39 is 0 Å². The molecule has 0 bridgehead atoms. The zero-order valence-corrected chi connectivity index (χ0v) is 22.0. The summed E-state index contributed by atoms with van der Waals surface area (Å²) in [7, 11) is 3.60. The molecule has 1 saturated heterocycles. The first kappa shape index (κ1) is 24.2.